The summed E-state index contributed by atoms with van der Waals surface area (Å²) in [6, 6.07) is 2.32. The van der Waals surface area contributed by atoms with E-state index in [0.29, 0.717) is 0 Å². The Labute approximate surface area is 84.8 Å². The van der Waals surface area contributed by atoms with Crippen LogP contribution in [-0.2, 0) is 4.79 Å². The van der Waals surface area contributed by atoms with Gasteiger partial charge in [0.2, 0.25) is 5.91 Å². The van der Waals surface area contributed by atoms with Crippen molar-refractivity contribution in [1.29, 1.82) is 5.26 Å². The molecule has 0 saturated heterocycles. The molecule has 0 heterocycles. The summed E-state index contributed by atoms with van der Waals surface area (Å²) in [6.07, 6.45) is 7.27. The first-order chi connectivity index (χ1) is 6.77. The van der Waals surface area contributed by atoms with E-state index in [1.807, 2.05) is 6.92 Å². The molecule has 14 heavy (non-hydrogen) atoms. The standard InChI is InChI=1S/C11H16N2O/c1-2-5-11(14)13-10-7-4-3-6-9(10)8-12/h2,5,9-10H,3-4,6-7H2,1H3,(H,13,14). The number of nitriles is 1. The van der Waals surface area contributed by atoms with Crippen molar-refractivity contribution >= 4 is 5.91 Å². The molecule has 3 heteroatoms. The van der Waals surface area contributed by atoms with Crippen LogP contribution >= 0.6 is 0 Å². The molecule has 1 saturated carbocycles. The summed E-state index contributed by atoms with van der Waals surface area (Å²) >= 11 is 0. The van der Waals surface area contributed by atoms with E-state index < -0.39 is 0 Å². The van der Waals surface area contributed by atoms with Gasteiger partial charge in [0, 0.05) is 6.04 Å². The Bertz CT molecular complexity index is 265. The summed E-state index contributed by atoms with van der Waals surface area (Å²) in [5, 5.41) is 11.8. The maximum Gasteiger partial charge on any atom is 0.243 e. The van der Waals surface area contributed by atoms with Gasteiger partial charge in [-0.3, -0.25) is 4.79 Å². The van der Waals surface area contributed by atoms with Gasteiger partial charge >= 0.3 is 0 Å². The number of nitrogens with zero attached hydrogens (tertiary/aromatic N) is 1. The van der Waals surface area contributed by atoms with E-state index in [4.69, 9.17) is 5.26 Å². The van der Waals surface area contributed by atoms with Gasteiger partial charge in [-0.25, -0.2) is 0 Å². The Hall–Kier alpha value is -1.30. The number of hydrogen-bond donors (Lipinski definition) is 1. The van der Waals surface area contributed by atoms with Crippen LogP contribution in [0.2, 0.25) is 0 Å². The SMILES string of the molecule is CC=CC(=O)NC1CCCCC1C#N. The molecular formula is C11H16N2O. The largest absolute Gasteiger partial charge is 0.349 e. The highest BCUT2D eigenvalue weighted by atomic mass is 16.1. The lowest BCUT2D eigenvalue weighted by molar-refractivity contribution is -0.117. The highest BCUT2D eigenvalue weighted by molar-refractivity contribution is 5.87. The summed E-state index contributed by atoms with van der Waals surface area (Å²) in [5.74, 6) is -0.0855. The summed E-state index contributed by atoms with van der Waals surface area (Å²) < 4.78 is 0. The lowest BCUT2D eigenvalue weighted by atomic mass is 9.85. The molecule has 76 valence electrons. The number of carbonyl (C=O) groups is 1. The van der Waals surface area contributed by atoms with Gasteiger partial charge < -0.3 is 5.32 Å². The molecule has 0 spiro atoms. The molecule has 0 radical (unpaired) electrons. The molecule has 1 aliphatic rings. The first-order valence-corrected chi connectivity index (χ1v) is 5.10. The van der Waals surface area contributed by atoms with Crippen LogP contribution in [0, 0.1) is 17.2 Å². The van der Waals surface area contributed by atoms with Gasteiger partial charge in [0.15, 0.2) is 0 Å². The molecular weight excluding hydrogens is 176 g/mol. The predicted octanol–water partition coefficient (Wildman–Crippen LogP) is 1.76. The van der Waals surface area contributed by atoms with E-state index in [9.17, 15) is 4.79 Å². The van der Waals surface area contributed by atoms with E-state index >= 15 is 0 Å². The predicted molar refractivity (Wildman–Crippen MR) is 54.3 cm³/mol. The average Bonchev–Trinajstić information content (AvgIpc) is 2.19. The lowest BCUT2D eigenvalue weighted by Crippen LogP contribution is -2.40. The quantitative estimate of drug-likeness (QED) is 0.678. The normalized spacial score (nSPS) is 27.1. The molecule has 1 aliphatic carbocycles. The Balaban J connectivity index is 2.49. The van der Waals surface area contributed by atoms with Crippen LogP contribution < -0.4 is 5.32 Å². The maximum atomic E-state index is 11.3. The molecule has 1 N–H and O–H groups in total. The van der Waals surface area contributed by atoms with Gasteiger partial charge in [0.25, 0.3) is 0 Å². The molecule has 1 amide bonds. The van der Waals surface area contributed by atoms with E-state index in [2.05, 4.69) is 11.4 Å². The van der Waals surface area contributed by atoms with Gasteiger partial charge in [-0.1, -0.05) is 18.9 Å². The van der Waals surface area contributed by atoms with Gasteiger partial charge in [0.1, 0.15) is 0 Å². The number of carbonyl (C=O) groups excluding carboxylic acids is 1. The van der Waals surface area contributed by atoms with Crippen molar-refractivity contribution in [3.8, 4) is 6.07 Å². The lowest BCUT2D eigenvalue weighted by Gasteiger charge is -2.26. The molecule has 1 fully saturated rings. The Kier molecular flexibility index (Phi) is 4.18. The second-order valence-corrected chi connectivity index (χ2v) is 3.64. The Morgan fingerprint density at radius 1 is 1.50 bits per heavy atom. The van der Waals surface area contributed by atoms with E-state index in [0.717, 1.165) is 25.7 Å². The zero-order valence-corrected chi connectivity index (χ0v) is 8.49. The van der Waals surface area contributed by atoms with Crippen LogP contribution in [-0.4, -0.2) is 11.9 Å². The van der Waals surface area contributed by atoms with Crippen LogP contribution in [0.3, 0.4) is 0 Å². The summed E-state index contributed by atoms with van der Waals surface area (Å²) in [5.41, 5.74) is 0. The summed E-state index contributed by atoms with van der Waals surface area (Å²) in [4.78, 5) is 11.3. The molecule has 1 rings (SSSR count). The molecule has 3 nitrogen and oxygen atoms in total. The molecule has 2 unspecified atom stereocenters. The van der Waals surface area contributed by atoms with Gasteiger partial charge in [-0.2, -0.15) is 5.26 Å². The first-order valence-electron chi connectivity index (χ1n) is 5.10. The molecule has 0 bridgehead atoms. The fourth-order valence-corrected chi connectivity index (χ4v) is 1.84. The zero-order chi connectivity index (χ0) is 10.4. The van der Waals surface area contributed by atoms with Crippen LogP contribution in [0.1, 0.15) is 32.6 Å². The third kappa shape index (κ3) is 2.88. The fraction of sp³-hybridized carbons (Fsp3) is 0.636. The molecule has 0 aromatic heterocycles. The molecule has 0 aliphatic heterocycles. The van der Waals surface area contributed by atoms with E-state index in [-0.39, 0.29) is 17.9 Å². The number of hydrogen-bond acceptors (Lipinski definition) is 2. The Morgan fingerprint density at radius 3 is 2.86 bits per heavy atom. The monoisotopic (exact) mass is 192 g/mol. The average molecular weight is 192 g/mol. The highest BCUT2D eigenvalue weighted by Crippen LogP contribution is 2.23. The molecule has 2 atom stereocenters. The number of nitrogens with one attached hydrogen (secondary N) is 1. The van der Waals surface area contributed by atoms with Crippen molar-refractivity contribution in [2.24, 2.45) is 5.92 Å². The maximum absolute atomic E-state index is 11.3. The van der Waals surface area contributed by atoms with Crippen molar-refractivity contribution in [3.05, 3.63) is 12.2 Å². The van der Waals surface area contributed by atoms with E-state index in [1.54, 1.807) is 6.08 Å². The molecule has 0 aromatic rings. The van der Waals surface area contributed by atoms with Crippen molar-refractivity contribution < 1.29 is 4.79 Å². The van der Waals surface area contributed by atoms with Crippen molar-refractivity contribution in [1.82, 2.24) is 5.32 Å². The first kappa shape index (κ1) is 10.8. The van der Waals surface area contributed by atoms with Crippen LogP contribution in [0.25, 0.3) is 0 Å². The third-order valence-corrected chi connectivity index (χ3v) is 2.58. The highest BCUT2D eigenvalue weighted by Gasteiger charge is 2.25. The minimum atomic E-state index is -0.0837. The second-order valence-electron chi connectivity index (χ2n) is 3.64. The van der Waals surface area contributed by atoms with Gasteiger partial charge in [-0.05, 0) is 25.8 Å². The van der Waals surface area contributed by atoms with E-state index in [1.165, 1.54) is 6.08 Å². The minimum absolute atomic E-state index is 0.00189. The van der Waals surface area contributed by atoms with Crippen molar-refractivity contribution in [3.63, 3.8) is 0 Å². The topological polar surface area (TPSA) is 52.9 Å². The fourth-order valence-electron chi connectivity index (χ4n) is 1.84. The van der Waals surface area contributed by atoms with Crippen LogP contribution in [0.15, 0.2) is 12.2 Å². The number of rotatable bonds is 2. The number of amides is 1. The van der Waals surface area contributed by atoms with Crippen molar-refractivity contribution in [2.75, 3.05) is 0 Å². The molecule has 0 aromatic carbocycles. The number of allylic oxidation sites excluding steroid dienone is 1. The van der Waals surface area contributed by atoms with Gasteiger partial charge in [-0.15, -0.1) is 0 Å². The Morgan fingerprint density at radius 2 is 2.21 bits per heavy atom. The zero-order valence-electron chi connectivity index (χ0n) is 8.49. The van der Waals surface area contributed by atoms with Crippen molar-refractivity contribution in [2.45, 2.75) is 38.6 Å². The second kappa shape index (κ2) is 5.43. The minimum Gasteiger partial charge on any atom is -0.349 e. The van der Waals surface area contributed by atoms with Crippen LogP contribution in [0.4, 0.5) is 0 Å². The summed E-state index contributed by atoms with van der Waals surface area (Å²) in [7, 11) is 0. The third-order valence-electron chi connectivity index (χ3n) is 2.58. The summed E-state index contributed by atoms with van der Waals surface area (Å²) in [6.45, 7) is 1.81. The van der Waals surface area contributed by atoms with Gasteiger partial charge in [0.05, 0.1) is 12.0 Å². The smallest absolute Gasteiger partial charge is 0.243 e. The van der Waals surface area contributed by atoms with Crippen LogP contribution in [0.5, 0.6) is 0 Å².